The first-order valence-electron chi connectivity index (χ1n) is 6.76. The normalized spacial score (nSPS) is 23.3. The molecule has 1 aliphatic rings. The molecule has 0 spiro atoms. The Balaban J connectivity index is 1.88. The molecule has 1 aromatic rings. The van der Waals surface area contributed by atoms with Crippen molar-refractivity contribution < 1.29 is 9.53 Å². The van der Waals surface area contributed by atoms with Gasteiger partial charge < -0.3 is 15.4 Å². The van der Waals surface area contributed by atoms with E-state index < -0.39 is 0 Å². The number of nitrogens with one attached hydrogen (secondary N) is 2. The van der Waals surface area contributed by atoms with Gasteiger partial charge in [0.25, 0.3) is 0 Å². The van der Waals surface area contributed by atoms with E-state index in [0.717, 1.165) is 18.6 Å². The first kappa shape index (κ1) is 13.9. The van der Waals surface area contributed by atoms with Crippen LogP contribution in [0.1, 0.15) is 31.2 Å². The summed E-state index contributed by atoms with van der Waals surface area (Å²) in [6, 6.07) is 8.46. The first-order valence-corrected chi connectivity index (χ1v) is 6.76. The molecule has 0 radical (unpaired) electrons. The minimum absolute atomic E-state index is 0.0424. The third-order valence-corrected chi connectivity index (χ3v) is 3.84. The number of amides is 1. The fraction of sp³-hybridized carbons (Fsp3) is 0.533. The fourth-order valence-electron chi connectivity index (χ4n) is 2.66. The number of hydrogen-bond acceptors (Lipinski definition) is 3. The molecule has 1 aromatic carbocycles. The van der Waals surface area contributed by atoms with Crippen molar-refractivity contribution >= 4 is 5.91 Å². The van der Waals surface area contributed by atoms with E-state index in [9.17, 15) is 4.79 Å². The maximum Gasteiger partial charge on any atom is 0.236 e. The van der Waals surface area contributed by atoms with Crippen LogP contribution in [0.25, 0.3) is 0 Å². The standard InChI is InChI=1S/C15H22N2O2/c1-10(15(18)16-2)17-12-8-11(9-12)13-6-4-5-7-14(13)19-3/h4-7,10-12,17H,8-9H2,1-3H3,(H,16,18). The molecule has 0 aliphatic heterocycles. The summed E-state index contributed by atoms with van der Waals surface area (Å²) < 4.78 is 5.39. The van der Waals surface area contributed by atoms with E-state index in [1.165, 1.54) is 5.56 Å². The van der Waals surface area contributed by atoms with Crippen LogP contribution in [-0.4, -0.2) is 32.1 Å². The molecule has 4 nitrogen and oxygen atoms in total. The van der Waals surface area contributed by atoms with Crippen molar-refractivity contribution in [2.75, 3.05) is 14.2 Å². The summed E-state index contributed by atoms with van der Waals surface area (Å²) in [4.78, 5) is 11.4. The van der Waals surface area contributed by atoms with Crippen LogP contribution in [0.5, 0.6) is 5.75 Å². The number of benzene rings is 1. The number of hydrogen-bond donors (Lipinski definition) is 2. The molecule has 0 aromatic heterocycles. The van der Waals surface area contributed by atoms with Gasteiger partial charge in [-0.15, -0.1) is 0 Å². The predicted octanol–water partition coefficient (Wildman–Crippen LogP) is 1.67. The summed E-state index contributed by atoms with van der Waals surface area (Å²) in [7, 11) is 3.37. The molecular formula is C15H22N2O2. The smallest absolute Gasteiger partial charge is 0.236 e. The van der Waals surface area contributed by atoms with E-state index in [-0.39, 0.29) is 11.9 Å². The van der Waals surface area contributed by atoms with Crippen molar-refractivity contribution in [1.29, 1.82) is 0 Å². The number of methoxy groups -OCH3 is 1. The zero-order valence-corrected chi connectivity index (χ0v) is 11.8. The highest BCUT2D eigenvalue weighted by molar-refractivity contribution is 5.80. The number of likely N-dealkylation sites (N-methyl/N-ethyl adjacent to an activating group) is 1. The maximum atomic E-state index is 11.4. The van der Waals surface area contributed by atoms with Crippen LogP contribution < -0.4 is 15.4 Å². The van der Waals surface area contributed by atoms with E-state index >= 15 is 0 Å². The molecule has 1 atom stereocenters. The van der Waals surface area contributed by atoms with Crippen molar-refractivity contribution in [3.8, 4) is 5.75 Å². The first-order chi connectivity index (χ1) is 9.15. The Bertz CT molecular complexity index is 442. The highest BCUT2D eigenvalue weighted by Crippen LogP contribution is 2.41. The lowest BCUT2D eigenvalue weighted by molar-refractivity contribution is -0.122. The zero-order valence-electron chi connectivity index (χ0n) is 11.8. The Morgan fingerprint density at radius 2 is 2.05 bits per heavy atom. The summed E-state index contributed by atoms with van der Waals surface area (Å²) in [5.74, 6) is 1.54. The number of ether oxygens (including phenoxy) is 1. The molecule has 1 amide bonds. The molecule has 1 unspecified atom stereocenters. The average molecular weight is 262 g/mol. The van der Waals surface area contributed by atoms with Gasteiger partial charge in [0.2, 0.25) is 5.91 Å². The summed E-state index contributed by atoms with van der Waals surface area (Å²) >= 11 is 0. The summed E-state index contributed by atoms with van der Waals surface area (Å²) in [6.07, 6.45) is 2.11. The SMILES string of the molecule is CNC(=O)C(C)NC1CC(c2ccccc2OC)C1. The third kappa shape index (κ3) is 3.07. The summed E-state index contributed by atoms with van der Waals surface area (Å²) in [5, 5.41) is 6.01. The number of rotatable bonds is 5. The van der Waals surface area contributed by atoms with Crippen LogP contribution in [0.15, 0.2) is 24.3 Å². The van der Waals surface area contributed by atoms with Crippen molar-refractivity contribution in [2.24, 2.45) is 0 Å². The van der Waals surface area contributed by atoms with E-state index in [4.69, 9.17) is 4.74 Å². The minimum Gasteiger partial charge on any atom is -0.496 e. The second-order valence-corrected chi connectivity index (χ2v) is 5.11. The number of para-hydroxylation sites is 1. The van der Waals surface area contributed by atoms with E-state index in [1.54, 1.807) is 14.2 Å². The van der Waals surface area contributed by atoms with Crippen LogP contribution in [0.4, 0.5) is 0 Å². The van der Waals surface area contributed by atoms with Gasteiger partial charge in [0.15, 0.2) is 0 Å². The van der Waals surface area contributed by atoms with Gasteiger partial charge in [-0.25, -0.2) is 0 Å². The van der Waals surface area contributed by atoms with Crippen LogP contribution in [0.2, 0.25) is 0 Å². The van der Waals surface area contributed by atoms with Crippen LogP contribution in [0, 0.1) is 0 Å². The second-order valence-electron chi connectivity index (χ2n) is 5.11. The molecule has 2 rings (SSSR count). The van der Waals surface area contributed by atoms with Gasteiger partial charge in [-0.2, -0.15) is 0 Å². The topological polar surface area (TPSA) is 50.4 Å². The molecule has 0 heterocycles. The minimum atomic E-state index is -0.131. The van der Waals surface area contributed by atoms with Crippen molar-refractivity contribution in [3.05, 3.63) is 29.8 Å². The van der Waals surface area contributed by atoms with Gasteiger partial charge in [0, 0.05) is 13.1 Å². The Morgan fingerprint density at radius 1 is 1.37 bits per heavy atom. The molecular weight excluding hydrogens is 240 g/mol. The molecule has 19 heavy (non-hydrogen) atoms. The van der Waals surface area contributed by atoms with E-state index in [2.05, 4.69) is 16.7 Å². The Kier molecular flexibility index (Phi) is 4.43. The highest BCUT2D eigenvalue weighted by Gasteiger charge is 2.33. The molecule has 0 bridgehead atoms. The Morgan fingerprint density at radius 3 is 2.68 bits per heavy atom. The van der Waals surface area contributed by atoms with Crippen LogP contribution in [0.3, 0.4) is 0 Å². The van der Waals surface area contributed by atoms with E-state index in [0.29, 0.717) is 12.0 Å². The van der Waals surface area contributed by atoms with Crippen molar-refractivity contribution in [2.45, 2.75) is 37.8 Å². The third-order valence-electron chi connectivity index (χ3n) is 3.84. The highest BCUT2D eigenvalue weighted by atomic mass is 16.5. The predicted molar refractivity (Wildman–Crippen MR) is 75.4 cm³/mol. The monoisotopic (exact) mass is 262 g/mol. The van der Waals surface area contributed by atoms with Crippen molar-refractivity contribution in [3.63, 3.8) is 0 Å². The van der Waals surface area contributed by atoms with Gasteiger partial charge in [0.05, 0.1) is 13.2 Å². The van der Waals surface area contributed by atoms with Crippen molar-refractivity contribution in [1.82, 2.24) is 10.6 Å². The Hall–Kier alpha value is -1.55. The van der Waals surface area contributed by atoms with E-state index in [1.807, 2.05) is 25.1 Å². The summed E-state index contributed by atoms with van der Waals surface area (Å²) in [6.45, 7) is 1.90. The average Bonchev–Trinajstić information content (AvgIpc) is 2.41. The largest absolute Gasteiger partial charge is 0.496 e. The zero-order chi connectivity index (χ0) is 13.8. The molecule has 0 saturated heterocycles. The lowest BCUT2D eigenvalue weighted by atomic mass is 9.75. The second kappa shape index (κ2) is 6.06. The molecule has 1 saturated carbocycles. The molecule has 1 fully saturated rings. The summed E-state index contributed by atoms with van der Waals surface area (Å²) in [5.41, 5.74) is 1.27. The lowest BCUT2D eigenvalue weighted by Gasteiger charge is -2.38. The fourth-order valence-corrected chi connectivity index (χ4v) is 2.66. The quantitative estimate of drug-likeness (QED) is 0.848. The van der Waals surface area contributed by atoms with Gasteiger partial charge in [-0.3, -0.25) is 4.79 Å². The molecule has 2 N–H and O–H groups in total. The lowest BCUT2D eigenvalue weighted by Crippen LogP contribution is -2.50. The van der Waals surface area contributed by atoms with Gasteiger partial charge in [-0.05, 0) is 37.3 Å². The van der Waals surface area contributed by atoms with Crippen LogP contribution >= 0.6 is 0 Å². The number of carbonyl (C=O) groups is 1. The van der Waals surface area contributed by atoms with Gasteiger partial charge >= 0.3 is 0 Å². The maximum absolute atomic E-state index is 11.4. The number of carbonyl (C=O) groups excluding carboxylic acids is 1. The molecule has 4 heteroatoms. The van der Waals surface area contributed by atoms with Gasteiger partial charge in [0.1, 0.15) is 5.75 Å². The molecule has 1 aliphatic carbocycles. The van der Waals surface area contributed by atoms with Gasteiger partial charge in [-0.1, -0.05) is 18.2 Å². The van der Waals surface area contributed by atoms with Crippen LogP contribution in [-0.2, 0) is 4.79 Å². The Labute approximate surface area is 114 Å². The molecule has 104 valence electrons.